The Balaban J connectivity index is 0.000000295. The molecule has 0 spiro atoms. The molecule has 1 aromatic heterocycles. The van der Waals surface area contributed by atoms with Crippen LogP contribution in [0.15, 0.2) is 11.6 Å². The molecule has 0 atom stereocenters. The normalized spacial score (nSPS) is 16.7. The second-order valence-corrected chi connectivity index (χ2v) is 7.59. The van der Waals surface area contributed by atoms with Crippen molar-refractivity contribution in [2.75, 3.05) is 19.6 Å². The van der Waals surface area contributed by atoms with Crippen molar-refractivity contribution in [3.05, 3.63) is 16.6 Å². The van der Waals surface area contributed by atoms with E-state index in [1.807, 2.05) is 38.3 Å². The number of rotatable bonds is 5. The van der Waals surface area contributed by atoms with E-state index in [-0.39, 0.29) is 5.60 Å². The molecule has 126 valence electrons. The summed E-state index contributed by atoms with van der Waals surface area (Å²) in [6, 6.07) is 0. The van der Waals surface area contributed by atoms with Gasteiger partial charge in [-0.1, -0.05) is 13.3 Å². The molecule has 1 aliphatic rings. The van der Waals surface area contributed by atoms with E-state index < -0.39 is 0 Å². The zero-order valence-corrected chi connectivity index (χ0v) is 15.2. The number of nitrogens with zero attached hydrogens (tertiary/aromatic N) is 2. The molecule has 2 heterocycles. The van der Waals surface area contributed by atoms with Crippen molar-refractivity contribution in [2.45, 2.75) is 64.9 Å². The Kier molecular flexibility index (Phi) is 8.64. The van der Waals surface area contributed by atoms with Gasteiger partial charge in [-0.15, -0.1) is 11.3 Å². The van der Waals surface area contributed by atoms with Crippen LogP contribution in [0.1, 0.15) is 64.3 Å². The van der Waals surface area contributed by atoms with Crippen LogP contribution in [0.2, 0.25) is 0 Å². The molecule has 1 aromatic rings. The Morgan fingerprint density at radius 1 is 1.41 bits per heavy atom. The first-order valence-corrected chi connectivity index (χ1v) is 9.07. The molecule has 0 amide bonds. The maximum Gasteiger partial charge on any atom is 0.293 e. The van der Waals surface area contributed by atoms with E-state index in [2.05, 4.69) is 26.9 Å². The van der Waals surface area contributed by atoms with E-state index in [9.17, 15) is 4.79 Å². The van der Waals surface area contributed by atoms with Crippen molar-refractivity contribution in [3.8, 4) is 0 Å². The quantitative estimate of drug-likeness (QED) is 0.765. The highest BCUT2D eigenvalue weighted by Gasteiger charge is 2.21. The summed E-state index contributed by atoms with van der Waals surface area (Å²) >= 11 is 1.82. The number of thiazole rings is 1. The van der Waals surface area contributed by atoms with Gasteiger partial charge in [0, 0.05) is 17.5 Å². The largest absolute Gasteiger partial charge is 0.462 e. The van der Waals surface area contributed by atoms with E-state index in [0.717, 1.165) is 5.92 Å². The van der Waals surface area contributed by atoms with Gasteiger partial charge in [-0.25, -0.2) is 4.98 Å². The molecule has 1 saturated heterocycles. The number of hydrogen-bond acceptors (Lipinski definition) is 5. The maximum atomic E-state index is 9.60. The fourth-order valence-electron chi connectivity index (χ4n) is 2.37. The molecule has 4 nitrogen and oxygen atoms in total. The molecule has 2 rings (SSSR count). The lowest BCUT2D eigenvalue weighted by molar-refractivity contribution is -0.138. The van der Waals surface area contributed by atoms with Crippen molar-refractivity contribution in [1.29, 1.82) is 0 Å². The molecule has 0 saturated carbocycles. The molecule has 0 aliphatic carbocycles. The first-order chi connectivity index (χ1) is 10.5. The van der Waals surface area contributed by atoms with Gasteiger partial charge >= 0.3 is 0 Å². The second-order valence-electron chi connectivity index (χ2n) is 6.67. The first kappa shape index (κ1) is 19.1. The van der Waals surface area contributed by atoms with Crippen LogP contribution in [0.3, 0.4) is 0 Å². The Morgan fingerprint density at radius 2 is 2.09 bits per heavy atom. The minimum Gasteiger partial charge on any atom is -0.462 e. The Labute approximate surface area is 138 Å². The molecule has 5 heteroatoms. The van der Waals surface area contributed by atoms with E-state index in [0.29, 0.717) is 6.47 Å². The summed E-state index contributed by atoms with van der Waals surface area (Å²) in [6.45, 7) is 12.0. The minimum absolute atomic E-state index is 0.318. The highest BCUT2D eigenvalue weighted by atomic mass is 32.1. The van der Waals surface area contributed by atoms with Crippen LogP contribution < -0.4 is 0 Å². The van der Waals surface area contributed by atoms with Crippen LogP contribution in [0.4, 0.5) is 0 Å². The van der Waals surface area contributed by atoms with Gasteiger partial charge in [0.05, 0.1) is 5.01 Å². The number of piperidine rings is 1. The molecule has 0 unspecified atom stereocenters. The van der Waals surface area contributed by atoms with Crippen LogP contribution in [0.5, 0.6) is 0 Å². The number of carbonyl (C=O) groups is 1. The Bertz CT molecular complexity index is 393. The predicted octanol–water partition coefficient (Wildman–Crippen LogP) is 4.08. The van der Waals surface area contributed by atoms with Gasteiger partial charge in [-0.05, 0) is 59.7 Å². The second kappa shape index (κ2) is 9.95. The Hall–Kier alpha value is -0.940. The standard InChI is InChI=1S/C12H20N2S.C5H10O2/c1-2-3-7-14-8-4-11(5-9-14)12-13-6-10-15-12;1-5(2,3)7-4-6/h6,10-11H,2-5,7-9H2,1H3;4H,1-3H3. The smallest absolute Gasteiger partial charge is 0.293 e. The highest BCUT2D eigenvalue weighted by Crippen LogP contribution is 2.29. The molecule has 0 radical (unpaired) electrons. The summed E-state index contributed by atoms with van der Waals surface area (Å²) in [6.07, 6.45) is 7.20. The van der Waals surface area contributed by atoms with E-state index in [1.54, 1.807) is 0 Å². The van der Waals surface area contributed by atoms with Gasteiger partial charge < -0.3 is 9.64 Å². The van der Waals surface area contributed by atoms with Crippen LogP contribution in [-0.2, 0) is 9.53 Å². The van der Waals surface area contributed by atoms with Crippen molar-refractivity contribution in [3.63, 3.8) is 0 Å². The zero-order chi connectivity index (χ0) is 16.4. The molecule has 0 N–H and O–H groups in total. The first-order valence-electron chi connectivity index (χ1n) is 8.19. The SMILES string of the molecule is CC(C)(C)OC=O.CCCCN1CCC(c2nccs2)CC1. The van der Waals surface area contributed by atoms with Gasteiger partial charge in [0.1, 0.15) is 5.60 Å². The minimum atomic E-state index is -0.318. The van der Waals surface area contributed by atoms with Crippen molar-refractivity contribution >= 4 is 17.8 Å². The average Bonchev–Trinajstić information content (AvgIpc) is 2.99. The summed E-state index contributed by atoms with van der Waals surface area (Å²) in [4.78, 5) is 16.6. The predicted molar refractivity (Wildman–Crippen MR) is 92.3 cm³/mol. The fraction of sp³-hybridized carbons (Fsp3) is 0.765. The van der Waals surface area contributed by atoms with Crippen molar-refractivity contribution in [1.82, 2.24) is 9.88 Å². The number of likely N-dealkylation sites (tertiary alicyclic amines) is 1. The van der Waals surface area contributed by atoms with Crippen LogP contribution >= 0.6 is 11.3 Å². The Morgan fingerprint density at radius 3 is 2.50 bits per heavy atom. The van der Waals surface area contributed by atoms with Gasteiger partial charge in [-0.2, -0.15) is 0 Å². The number of carbonyl (C=O) groups excluding carboxylic acids is 1. The summed E-state index contributed by atoms with van der Waals surface area (Å²) in [5.74, 6) is 0.739. The van der Waals surface area contributed by atoms with E-state index in [4.69, 9.17) is 0 Å². The van der Waals surface area contributed by atoms with Gasteiger partial charge in [0.2, 0.25) is 0 Å². The number of hydrogen-bond donors (Lipinski definition) is 0. The summed E-state index contributed by atoms with van der Waals surface area (Å²) < 4.78 is 4.55. The third kappa shape index (κ3) is 7.90. The average molecular weight is 327 g/mol. The highest BCUT2D eigenvalue weighted by molar-refractivity contribution is 7.09. The van der Waals surface area contributed by atoms with Crippen molar-refractivity contribution < 1.29 is 9.53 Å². The lowest BCUT2D eigenvalue weighted by Crippen LogP contribution is -2.33. The molecular formula is C17H30N2O2S. The van der Waals surface area contributed by atoms with Gasteiger partial charge in [-0.3, -0.25) is 4.79 Å². The monoisotopic (exact) mass is 326 g/mol. The van der Waals surface area contributed by atoms with Gasteiger partial charge in [0.15, 0.2) is 0 Å². The van der Waals surface area contributed by atoms with Crippen LogP contribution in [-0.4, -0.2) is 41.6 Å². The lowest BCUT2D eigenvalue weighted by Gasteiger charge is -2.30. The number of unbranched alkanes of at least 4 members (excludes halogenated alkanes) is 1. The van der Waals surface area contributed by atoms with Gasteiger partial charge in [0.25, 0.3) is 6.47 Å². The summed E-state index contributed by atoms with van der Waals surface area (Å²) in [5, 5.41) is 3.45. The fourth-order valence-corrected chi connectivity index (χ4v) is 3.18. The third-order valence-corrected chi connectivity index (χ3v) is 4.56. The molecule has 0 aromatic carbocycles. The summed E-state index contributed by atoms with van der Waals surface area (Å²) in [5.41, 5.74) is -0.318. The zero-order valence-electron chi connectivity index (χ0n) is 14.4. The summed E-state index contributed by atoms with van der Waals surface area (Å²) in [7, 11) is 0. The number of ether oxygens (including phenoxy) is 1. The van der Waals surface area contributed by atoms with Crippen LogP contribution in [0, 0.1) is 0 Å². The molecule has 22 heavy (non-hydrogen) atoms. The molecule has 1 fully saturated rings. The lowest BCUT2D eigenvalue weighted by atomic mass is 9.97. The van der Waals surface area contributed by atoms with E-state index >= 15 is 0 Å². The molecular weight excluding hydrogens is 296 g/mol. The van der Waals surface area contributed by atoms with Crippen LogP contribution in [0.25, 0.3) is 0 Å². The number of aromatic nitrogens is 1. The van der Waals surface area contributed by atoms with Crippen molar-refractivity contribution in [2.24, 2.45) is 0 Å². The third-order valence-electron chi connectivity index (χ3n) is 3.62. The maximum absolute atomic E-state index is 9.60. The van der Waals surface area contributed by atoms with E-state index in [1.165, 1.54) is 50.3 Å². The topological polar surface area (TPSA) is 42.4 Å². The molecule has 1 aliphatic heterocycles. The molecule has 0 bridgehead atoms.